The van der Waals surface area contributed by atoms with Crippen LogP contribution in [0.1, 0.15) is 29.2 Å². The Balaban J connectivity index is 2.24. The van der Waals surface area contributed by atoms with E-state index in [2.05, 4.69) is 10.3 Å². The van der Waals surface area contributed by atoms with Crippen molar-refractivity contribution in [2.75, 3.05) is 7.11 Å². The van der Waals surface area contributed by atoms with E-state index >= 15 is 0 Å². The third-order valence-electron chi connectivity index (χ3n) is 3.56. The first-order chi connectivity index (χ1) is 11.3. The van der Waals surface area contributed by atoms with Crippen molar-refractivity contribution < 1.29 is 19.4 Å². The first kappa shape index (κ1) is 17.9. The molecule has 0 radical (unpaired) electrons. The van der Waals surface area contributed by atoms with E-state index in [-0.39, 0.29) is 5.92 Å². The number of aromatic nitrogens is 1. The number of methoxy groups -OCH3 is 1. The van der Waals surface area contributed by atoms with Crippen molar-refractivity contribution in [2.45, 2.75) is 26.8 Å². The Morgan fingerprint density at radius 3 is 2.38 bits per heavy atom. The minimum absolute atomic E-state index is 0.208. The molecule has 1 amide bonds. The van der Waals surface area contributed by atoms with Gasteiger partial charge in [-0.2, -0.15) is 0 Å². The number of carbonyl (C=O) groups is 2. The van der Waals surface area contributed by atoms with E-state index < -0.39 is 17.9 Å². The summed E-state index contributed by atoms with van der Waals surface area (Å²) in [5.74, 6) is -0.922. The Hall–Kier alpha value is -2.41. The van der Waals surface area contributed by atoms with Gasteiger partial charge in [0.2, 0.25) is 0 Å². The van der Waals surface area contributed by atoms with Crippen molar-refractivity contribution in [1.29, 1.82) is 0 Å². The predicted octanol–water partition coefficient (Wildman–Crippen LogP) is 2.97. The molecule has 1 aromatic heterocycles. The molecule has 1 atom stereocenters. The molecular weight excluding hydrogens is 328 g/mol. The molecule has 6 nitrogen and oxygen atoms in total. The number of carbonyl (C=O) groups excluding carboxylic acids is 1. The van der Waals surface area contributed by atoms with Crippen molar-refractivity contribution in [3.8, 4) is 16.3 Å². The van der Waals surface area contributed by atoms with Crippen molar-refractivity contribution in [3.63, 3.8) is 0 Å². The van der Waals surface area contributed by atoms with Gasteiger partial charge in [0.1, 0.15) is 21.7 Å². The summed E-state index contributed by atoms with van der Waals surface area (Å²) in [6.45, 7) is 5.24. The molecule has 0 fully saturated rings. The van der Waals surface area contributed by atoms with Gasteiger partial charge in [0, 0.05) is 5.56 Å². The second kappa shape index (κ2) is 7.44. The van der Waals surface area contributed by atoms with Gasteiger partial charge in [-0.25, -0.2) is 9.78 Å². The van der Waals surface area contributed by atoms with Crippen LogP contribution >= 0.6 is 11.3 Å². The summed E-state index contributed by atoms with van der Waals surface area (Å²) in [5.41, 5.74) is 1.46. The largest absolute Gasteiger partial charge is 0.497 e. The highest BCUT2D eigenvalue weighted by atomic mass is 32.1. The highest BCUT2D eigenvalue weighted by molar-refractivity contribution is 7.17. The van der Waals surface area contributed by atoms with E-state index in [0.29, 0.717) is 15.6 Å². The van der Waals surface area contributed by atoms with E-state index in [0.717, 1.165) is 11.3 Å². The van der Waals surface area contributed by atoms with Gasteiger partial charge in [0.25, 0.3) is 5.91 Å². The molecule has 0 aliphatic rings. The van der Waals surface area contributed by atoms with Crippen LogP contribution < -0.4 is 10.1 Å². The van der Waals surface area contributed by atoms with E-state index in [4.69, 9.17) is 4.74 Å². The Morgan fingerprint density at radius 1 is 1.25 bits per heavy atom. The van der Waals surface area contributed by atoms with Gasteiger partial charge in [0.15, 0.2) is 0 Å². The first-order valence-electron chi connectivity index (χ1n) is 7.49. The Bertz CT molecular complexity index is 738. The second-order valence-electron chi connectivity index (χ2n) is 5.70. The molecule has 0 bridgehead atoms. The zero-order chi connectivity index (χ0) is 17.9. The molecule has 2 rings (SSSR count). The summed E-state index contributed by atoms with van der Waals surface area (Å²) in [7, 11) is 1.60. The van der Waals surface area contributed by atoms with E-state index in [9.17, 15) is 14.7 Å². The molecule has 0 unspecified atom stereocenters. The number of carboxylic acid groups (broad SMARTS) is 1. The lowest BCUT2D eigenvalue weighted by molar-refractivity contribution is -0.140. The highest BCUT2D eigenvalue weighted by Gasteiger charge is 2.26. The minimum Gasteiger partial charge on any atom is -0.497 e. The van der Waals surface area contributed by atoms with Crippen molar-refractivity contribution in [3.05, 3.63) is 34.8 Å². The summed E-state index contributed by atoms with van der Waals surface area (Å²) in [5, 5.41) is 12.5. The fourth-order valence-electron chi connectivity index (χ4n) is 2.18. The molecule has 1 aromatic carbocycles. The Kier molecular flexibility index (Phi) is 5.56. The van der Waals surface area contributed by atoms with Crippen molar-refractivity contribution in [1.82, 2.24) is 10.3 Å². The third kappa shape index (κ3) is 3.91. The summed E-state index contributed by atoms with van der Waals surface area (Å²) in [6, 6.07) is 6.46. The van der Waals surface area contributed by atoms with Gasteiger partial charge in [-0.1, -0.05) is 13.8 Å². The molecular formula is C17H20N2O4S. The summed E-state index contributed by atoms with van der Waals surface area (Å²) >= 11 is 1.24. The molecule has 2 aromatic rings. The molecule has 1 heterocycles. The van der Waals surface area contributed by atoms with Crippen LogP contribution in [0.4, 0.5) is 0 Å². The topological polar surface area (TPSA) is 88.5 Å². The summed E-state index contributed by atoms with van der Waals surface area (Å²) < 4.78 is 5.12. The van der Waals surface area contributed by atoms with Gasteiger partial charge >= 0.3 is 5.97 Å². The smallest absolute Gasteiger partial charge is 0.326 e. The van der Waals surface area contributed by atoms with Crippen molar-refractivity contribution in [2.24, 2.45) is 5.92 Å². The van der Waals surface area contributed by atoms with E-state index in [1.807, 2.05) is 24.3 Å². The Labute approximate surface area is 144 Å². The monoisotopic (exact) mass is 348 g/mol. The molecule has 2 N–H and O–H groups in total. The number of aryl methyl sites for hydroxylation is 1. The van der Waals surface area contributed by atoms with Crippen LogP contribution in [0.3, 0.4) is 0 Å². The number of hydrogen-bond acceptors (Lipinski definition) is 5. The van der Waals surface area contributed by atoms with Gasteiger partial charge in [-0.3, -0.25) is 4.79 Å². The van der Waals surface area contributed by atoms with Crippen LogP contribution in [0.5, 0.6) is 5.75 Å². The fourth-order valence-corrected chi connectivity index (χ4v) is 3.16. The molecule has 24 heavy (non-hydrogen) atoms. The molecule has 7 heteroatoms. The van der Waals surface area contributed by atoms with Crippen LogP contribution in [0.2, 0.25) is 0 Å². The SMILES string of the molecule is COc1ccc(-c2nc(C)c(C(=O)N[C@H](C(=O)O)C(C)C)s2)cc1. The number of hydrogen-bond donors (Lipinski definition) is 2. The number of rotatable bonds is 6. The number of carboxylic acids is 1. The lowest BCUT2D eigenvalue weighted by Gasteiger charge is -2.17. The summed E-state index contributed by atoms with van der Waals surface area (Å²) in [6.07, 6.45) is 0. The van der Waals surface area contributed by atoms with Crippen LogP contribution in [-0.4, -0.2) is 35.1 Å². The number of amides is 1. The van der Waals surface area contributed by atoms with Crippen molar-refractivity contribution >= 4 is 23.2 Å². The third-order valence-corrected chi connectivity index (χ3v) is 4.76. The minimum atomic E-state index is -1.05. The molecule has 128 valence electrons. The van der Waals surface area contributed by atoms with E-state index in [1.54, 1.807) is 27.9 Å². The number of ether oxygens (including phenoxy) is 1. The van der Waals surface area contributed by atoms with Gasteiger partial charge in [-0.15, -0.1) is 11.3 Å². The fraction of sp³-hybridized carbons (Fsp3) is 0.353. The quantitative estimate of drug-likeness (QED) is 0.838. The normalized spacial score (nSPS) is 12.0. The molecule has 0 spiro atoms. The zero-order valence-corrected chi connectivity index (χ0v) is 14.8. The number of nitrogens with one attached hydrogen (secondary N) is 1. The maximum absolute atomic E-state index is 12.4. The molecule has 0 saturated heterocycles. The van der Waals surface area contributed by atoms with E-state index in [1.165, 1.54) is 11.3 Å². The second-order valence-corrected chi connectivity index (χ2v) is 6.69. The number of benzene rings is 1. The molecule has 0 aliphatic heterocycles. The lowest BCUT2D eigenvalue weighted by Crippen LogP contribution is -2.44. The zero-order valence-electron chi connectivity index (χ0n) is 14.0. The molecule has 0 aliphatic carbocycles. The maximum Gasteiger partial charge on any atom is 0.326 e. The van der Waals surface area contributed by atoms with Crippen LogP contribution in [0.15, 0.2) is 24.3 Å². The predicted molar refractivity (Wildman–Crippen MR) is 92.6 cm³/mol. The maximum atomic E-state index is 12.4. The van der Waals surface area contributed by atoms with Crippen LogP contribution in [0.25, 0.3) is 10.6 Å². The average Bonchev–Trinajstić information content (AvgIpc) is 2.93. The first-order valence-corrected chi connectivity index (χ1v) is 8.30. The number of thiazole rings is 1. The van der Waals surface area contributed by atoms with Gasteiger partial charge in [-0.05, 0) is 37.1 Å². The van der Waals surface area contributed by atoms with Crippen LogP contribution in [-0.2, 0) is 4.79 Å². The lowest BCUT2D eigenvalue weighted by atomic mass is 10.0. The number of nitrogens with zero attached hydrogens (tertiary/aromatic N) is 1. The van der Waals surface area contributed by atoms with Gasteiger partial charge in [0.05, 0.1) is 12.8 Å². The summed E-state index contributed by atoms with van der Waals surface area (Å²) in [4.78, 5) is 28.5. The molecule has 0 saturated carbocycles. The average molecular weight is 348 g/mol. The standard InChI is InChI=1S/C17H20N2O4S/c1-9(2)13(17(21)22)19-15(20)14-10(3)18-16(24-14)11-5-7-12(23-4)8-6-11/h5-9,13H,1-4H3,(H,19,20)(H,21,22)/t13-/m0/s1. The highest BCUT2D eigenvalue weighted by Crippen LogP contribution is 2.29. The van der Waals surface area contributed by atoms with Gasteiger partial charge < -0.3 is 15.2 Å². The Morgan fingerprint density at radius 2 is 1.88 bits per heavy atom. The number of aliphatic carboxylic acids is 1. The van der Waals surface area contributed by atoms with Crippen LogP contribution in [0, 0.1) is 12.8 Å².